The van der Waals surface area contributed by atoms with Crippen molar-refractivity contribution in [2.75, 3.05) is 6.54 Å². The molecule has 1 atom stereocenters. The number of halogens is 6. The number of fused-ring (bicyclic) bond motifs is 3. The van der Waals surface area contributed by atoms with Gasteiger partial charge in [0.05, 0.1) is 17.7 Å². The molecule has 0 saturated carbocycles. The fourth-order valence-corrected chi connectivity index (χ4v) is 3.77. The maximum absolute atomic E-state index is 14.2. The van der Waals surface area contributed by atoms with Gasteiger partial charge in [-0.05, 0) is 24.1 Å². The molecule has 1 aromatic carbocycles. The highest BCUT2D eigenvalue weighted by Gasteiger charge is 2.49. The lowest BCUT2D eigenvalue weighted by Gasteiger charge is -2.33. The highest BCUT2D eigenvalue weighted by molar-refractivity contribution is 6.03. The van der Waals surface area contributed by atoms with Gasteiger partial charge in [0.25, 0.3) is 0 Å². The number of Topliss-reactive ketones (excluding diaryl/α,β-unsaturated/α-hetero) is 1. The van der Waals surface area contributed by atoms with E-state index in [0.29, 0.717) is 6.08 Å². The summed E-state index contributed by atoms with van der Waals surface area (Å²) in [6.07, 6.45) is -3.53. The largest absolute Gasteiger partial charge is 0.431 e. The summed E-state index contributed by atoms with van der Waals surface area (Å²) in [6.45, 7) is -3.51. The van der Waals surface area contributed by atoms with Crippen LogP contribution in [0.2, 0.25) is 0 Å². The second kappa shape index (κ2) is 6.11. The summed E-state index contributed by atoms with van der Waals surface area (Å²) < 4.78 is 83.5. The van der Waals surface area contributed by atoms with Gasteiger partial charge in [-0.25, -0.2) is 4.39 Å². The molecule has 28 heavy (non-hydrogen) atoms. The van der Waals surface area contributed by atoms with Crippen molar-refractivity contribution in [3.63, 3.8) is 0 Å². The van der Waals surface area contributed by atoms with Gasteiger partial charge in [-0.1, -0.05) is 12.1 Å². The summed E-state index contributed by atoms with van der Waals surface area (Å²) in [5.41, 5.74) is -2.35. The van der Waals surface area contributed by atoms with Crippen molar-refractivity contribution in [2.24, 2.45) is 4.99 Å². The molecule has 1 spiro atoms. The van der Waals surface area contributed by atoms with Crippen LogP contribution in [0.3, 0.4) is 0 Å². The molecule has 148 valence electrons. The lowest BCUT2D eigenvalue weighted by atomic mass is 9.76. The van der Waals surface area contributed by atoms with Gasteiger partial charge >= 0.3 is 12.8 Å². The van der Waals surface area contributed by atoms with E-state index in [9.17, 15) is 31.1 Å². The topological polar surface area (TPSA) is 41.9 Å². The first-order valence-electron chi connectivity index (χ1n) is 8.25. The Labute approximate surface area is 154 Å². The Morgan fingerprint density at radius 3 is 2.68 bits per heavy atom. The third-order valence-electron chi connectivity index (χ3n) is 4.93. The summed E-state index contributed by atoms with van der Waals surface area (Å²) >= 11 is 0. The van der Waals surface area contributed by atoms with Crippen molar-refractivity contribution in [3.05, 3.63) is 58.8 Å². The van der Waals surface area contributed by atoms with E-state index in [-0.39, 0.29) is 36.3 Å². The Morgan fingerprint density at radius 2 is 2.00 bits per heavy atom. The number of ketones is 1. The first-order valence-corrected chi connectivity index (χ1v) is 8.25. The zero-order valence-corrected chi connectivity index (χ0v) is 14.1. The van der Waals surface area contributed by atoms with Gasteiger partial charge in [-0.3, -0.25) is 9.79 Å². The summed E-state index contributed by atoms with van der Waals surface area (Å²) in [7, 11) is 0. The number of benzene rings is 1. The molecule has 4 nitrogen and oxygen atoms in total. The smallest absolute Gasteiger partial charge is 0.417 e. The normalized spacial score (nSPS) is 24.0. The fourth-order valence-electron chi connectivity index (χ4n) is 3.77. The van der Waals surface area contributed by atoms with E-state index in [2.05, 4.69) is 9.73 Å². The van der Waals surface area contributed by atoms with Gasteiger partial charge in [0.15, 0.2) is 17.4 Å². The predicted octanol–water partition coefficient (Wildman–Crippen LogP) is 4.29. The molecule has 0 unspecified atom stereocenters. The molecule has 0 fully saturated rings. The second-order valence-corrected chi connectivity index (χ2v) is 6.65. The third-order valence-corrected chi connectivity index (χ3v) is 4.93. The minimum absolute atomic E-state index is 0.0663. The summed E-state index contributed by atoms with van der Waals surface area (Å²) in [5, 5.41) is 0. The van der Waals surface area contributed by atoms with Gasteiger partial charge in [0.1, 0.15) is 11.4 Å². The Morgan fingerprint density at radius 1 is 1.25 bits per heavy atom. The molecule has 3 aliphatic rings. The van der Waals surface area contributed by atoms with Gasteiger partial charge < -0.3 is 9.64 Å². The monoisotopic (exact) mass is 402 g/mol. The number of hydrogen-bond donors (Lipinski definition) is 0. The zero-order valence-electron chi connectivity index (χ0n) is 14.1. The Balaban J connectivity index is 1.84. The van der Waals surface area contributed by atoms with Crippen molar-refractivity contribution >= 4 is 11.6 Å². The molecule has 4 rings (SSSR count). The van der Waals surface area contributed by atoms with E-state index >= 15 is 0 Å². The van der Waals surface area contributed by atoms with E-state index in [0.717, 1.165) is 17.2 Å². The number of carbonyl (C=O) groups is 1. The maximum atomic E-state index is 14.2. The molecule has 0 saturated heterocycles. The Hall–Kier alpha value is -2.78. The number of nitrogens with zero attached hydrogens (tertiary/aromatic N) is 2. The summed E-state index contributed by atoms with van der Waals surface area (Å²) in [4.78, 5) is 17.6. The highest BCUT2D eigenvalue weighted by Crippen LogP contribution is 2.46. The lowest BCUT2D eigenvalue weighted by Crippen LogP contribution is -2.38. The van der Waals surface area contributed by atoms with Gasteiger partial charge in [0, 0.05) is 12.6 Å². The molecule has 0 radical (unpaired) electrons. The average molecular weight is 402 g/mol. The van der Waals surface area contributed by atoms with Crippen molar-refractivity contribution in [3.8, 4) is 0 Å². The molecule has 2 heterocycles. The molecular formula is C18H12F6N2O2. The highest BCUT2D eigenvalue weighted by atomic mass is 19.4. The molecule has 2 aliphatic heterocycles. The van der Waals surface area contributed by atoms with Crippen LogP contribution in [0.4, 0.5) is 26.3 Å². The quantitative estimate of drug-likeness (QED) is 0.693. The van der Waals surface area contributed by atoms with Crippen LogP contribution in [-0.2, 0) is 10.3 Å². The number of aliphatic imine (C=N–C) groups is 1. The van der Waals surface area contributed by atoms with Crippen LogP contribution >= 0.6 is 0 Å². The van der Waals surface area contributed by atoms with Crippen LogP contribution in [0.15, 0.2) is 46.8 Å². The van der Waals surface area contributed by atoms with E-state index in [1.54, 1.807) is 0 Å². The molecule has 0 amide bonds. The first kappa shape index (κ1) is 18.6. The maximum Gasteiger partial charge on any atom is 0.417 e. The molecular weight excluding hydrogens is 390 g/mol. The number of allylic oxidation sites excluding steroid dienone is 2. The number of hydrogen-bond acceptors (Lipinski definition) is 4. The number of ether oxygens (including phenoxy) is 1. The number of carbonyl (C=O) groups excluding carboxylic acids is 1. The van der Waals surface area contributed by atoms with E-state index in [4.69, 9.17) is 0 Å². The molecule has 0 N–H and O–H groups in total. The van der Waals surface area contributed by atoms with Gasteiger partial charge in [-0.15, -0.1) is 0 Å². The van der Waals surface area contributed by atoms with E-state index in [1.807, 2.05) is 0 Å². The lowest BCUT2D eigenvalue weighted by molar-refractivity contribution is -0.0981. The predicted molar refractivity (Wildman–Crippen MR) is 85.1 cm³/mol. The van der Waals surface area contributed by atoms with Crippen molar-refractivity contribution < 1.29 is 35.9 Å². The zero-order chi connectivity index (χ0) is 20.3. The minimum atomic E-state index is -4.79. The van der Waals surface area contributed by atoms with Crippen LogP contribution in [0, 0.1) is 5.82 Å². The van der Waals surface area contributed by atoms with Crippen molar-refractivity contribution in [1.29, 1.82) is 0 Å². The second-order valence-electron chi connectivity index (χ2n) is 6.65. The van der Waals surface area contributed by atoms with Crippen LogP contribution in [0.1, 0.15) is 28.8 Å². The van der Waals surface area contributed by atoms with E-state index in [1.165, 1.54) is 12.1 Å². The molecule has 0 aromatic heterocycles. The average Bonchev–Trinajstić information content (AvgIpc) is 2.97. The minimum Gasteiger partial charge on any atom is -0.431 e. The van der Waals surface area contributed by atoms with Crippen LogP contribution < -0.4 is 0 Å². The number of amidine groups is 1. The molecule has 1 aromatic rings. The van der Waals surface area contributed by atoms with Crippen LogP contribution in [0.25, 0.3) is 0 Å². The molecule has 1 aliphatic carbocycles. The fraction of sp³-hybridized carbons (Fsp3) is 0.333. The Kier molecular flexibility index (Phi) is 4.06. The van der Waals surface area contributed by atoms with Crippen LogP contribution in [0.5, 0.6) is 0 Å². The number of rotatable bonds is 2. The first-order chi connectivity index (χ1) is 13.1. The molecule has 0 bridgehead atoms. The molecule has 10 heteroatoms. The summed E-state index contributed by atoms with van der Waals surface area (Å²) in [5.74, 6) is -2.12. The van der Waals surface area contributed by atoms with Crippen LogP contribution in [-0.4, -0.2) is 35.9 Å². The SMILES string of the molecule is O=C1CC[C@@]2(CN3C=C(C(F)(F)F)C=C(OC(F)F)C3=N2)c2cccc(F)c21. The summed E-state index contributed by atoms with van der Waals surface area (Å²) in [6, 6.07) is 3.96. The van der Waals surface area contributed by atoms with Crippen molar-refractivity contribution in [2.45, 2.75) is 31.2 Å². The third kappa shape index (κ3) is 2.87. The van der Waals surface area contributed by atoms with Gasteiger partial charge in [-0.2, -0.15) is 22.0 Å². The Bertz CT molecular complexity index is 950. The van der Waals surface area contributed by atoms with Gasteiger partial charge in [0.2, 0.25) is 0 Å². The number of alkyl halides is 5. The van der Waals surface area contributed by atoms with Crippen molar-refractivity contribution in [1.82, 2.24) is 4.90 Å². The standard InChI is InChI=1S/C18H12F6N2O2/c19-11-3-1-2-10-14(11)12(27)4-5-17(10)8-26-7-9(18(22,23)24)6-13(15(26)25-17)28-16(20)21/h1-3,6-7,16H,4-5,8H2/t17-/m1/s1. The van der Waals surface area contributed by atoms with E-state index < -0.39 is 41.3 Å².